The summed E-state index contributed by atoms with van der Waals surface area (Å²) in [5, 5.41) is 9.42. The highest BCUT2D eigenvalue weighted by Crippen LogP contribution is 2.36. The van der Waals surface area contributed by atoms with Gasteiger partial charge in [0.05, 0.1) is 6.42 Å². The van der Waals surface area contributed by atoms with Gasteiger partial charge in [0.15, 0.2) is 17.1 Å². The minimum Gasteiger partial charge on any atom is -0.478 e. The molecule has 1 atom stereocenters. The lowest BCUT2D eigenvalue weighted by molar-refractivity contribution is -0.152. The molecule has 2 aromatic carbocycles. The van der Waals surface area contributed by atoms with Crippen LogP contribution < -0.4 is 14.2 Å². The average molecular weight is 425 g/mol. The van der Waals surface area contributed by atoms with Crippen molar-refractivity contribution in [2.75, 3.05) is 19.9 Å². The predicted molar refractivity (Wildman–Crippen MR) is 114 cm³/mol. The smallest absolute Gasteiger partial charge is 0.347 e. The van der Waals surface area contributed by atoms with E-state index in [1.807, 2.05) is 41.3 Å². The Kier molecular flexibility index (Phi) is 5.76. The lowest BCUT2D eigenvalue weighted by atomic mass is 9.89. The van der Waals surface area contributed by atoms with Crippen LogP contribution >= 0.6 is 0 Å². The summed E-state index contributed by atoms with van der Waals surface area (Å²) in [6.45, 7) is 4.57. The summed E-state index contributed by atoms with van der Waals surface area (Å²) in [7, 11) is 0. The number of ether oxygens (including phenoxy) is 3. The van der Waals surface area contributed by atoms with Gasteiger partial charge in [-0.1, -0.05) is 24.3 Å². The molecular formula is C24H27NO6. The summed E-state index contributed by atoms with van der Waals surface area (Å²) in [6, 6.07) is 13.1. The van der Waals surface area contributed by atoms with Crippen LogP contribution in [0.3, 0.4) is 0 Å². The standard InChI is InChI=1S/C24H27NO6/c1-24(2,23(27)28)31-19-8-4-3-7-18(19)17-6-5-11-25(14-17)22(26)13-16-9-10-20-21(12-16)30-15-29-20/h3-4,7-10,12,17H,5-6,11,13-15H2,1-2H3,(H,27,28). The van der Waals surface area contributed by atoms with Gasteiger partial charge in [-0.3, -0.25) is 4.79 Å². The molecule has 0 radical (unpaired) electrons. The molecule has 31 heavy (non-hydrogen) atoms. The number of piperidine rings is 1. The summed E-state index contributed by atoms with van der Waals surface area (Å²) < 4.78 is 16.6. The molecule has 0 bridgehead atoms. The molecule has 0 aromatic heterocycles. The third-order valence-corrected chi connectivity index (χ3v) is 5.81. The Morgan fingerprint density at radius 2 is 1.94 bits per heavy atom. The van der Waals surface area contributed by atoms with Crippen molar-refractivity contribution in [2.45, 2.75) is 44.6 Å². The van der Waals surface area contributed by atoms with Crippen LogP contribution in [0.15, 0.2) is 42.5 Å². The van der Waals surface area contributed by atoms with Crippen LogP contribution in [0.1, 0.15) is 43.7 Å². The number of carboxylic acid groups (broad SMARTS) is 1. The Labute approximate surface area is 181 Å². The first-order valence-electron chi connectivity index (χ1n) is 10.5. The van der Waals surface area contributed by atoms with E-state index >= 15 is 0 Å². The molecule has 1 saturated heterocycles. The maximum Gasteiger partial charge on any atom is 0.347 e. The van der Waals surface area contributed by atoms with Gasteiger partial charge in [0.25, 0.3) is 0 Å². The fourth-order valence-electron chi connectivity index (χ4n) is 4.02. The van der Waals surface area contributed by atoms with Crippen molar-refractivity contribution in [3.05, 3.63) is 53.6 Å². The topological polar surface area (TPSA) is 85.3 Å². The number of hydrogen-bond acceptors (Lipinski definition) is 5. The molecule has 1 amide bonds. The number of likely N-dealkylation sites (tertiary alicyclic amines) is 1. The maximum atomic E-state index is 13.0. The van der Waals surface area contributed by atoms with Crippen molar-refractivity contribution in [1.29, 1.82) is 0 Å². The molecule has 2 aromatic rings. The van der Waals surface area contributed by atoms with Crippen molar-refractivity contribution < 1.29 is 28.9 Å². The molecule has 7 heteroatoms. The van der Waals surface area contributed by atoms with Crippen molar-refractivity contribution in [2.24, 2.45) is 0 Å². The number of carbonyl (C=O) groups excluding carboxylic acids is 1. The summed E-state index contributed by atoms with van der Waals surface area (Å²) in [4.78, 5) is 26.4. The van der Waals surface area contributed by atoms with Crippen LogP contribution in [0.25, 0.3) is 0 Å². The molecule has 2 heterocycles. The summed E-state index contributed by atoms with van der Waals surface area (Å²) >= 11 is 0. The first-order valence-corrected chi connectivity index (χ1v) is 10.5. The number of carboxylic acids is 1. The van der Waals surface area contributed by atoms with E-state index in [4.69, 9.17) is 14.2 Å². The SMILES string of the molecule is CC(C)(Oc1ccccc1C1CCCN(C(=O)Cc2ccc3c(c2)OCO3)C1)C(=O)O. The minimum absolute atomic E-state index is 0.0628. The second-order valence-corrected chi connectivity index (χ2v) is 8.50. The van der Waals surface area contributed by atoms with E-state index in [2.05, 4.69) is 0 Å². The second-order valence-electron chi connectivity index (χ2n) is 8.50. The summed E-state index contributed by atoms with van der Waals surface area (Å²) in [6.07, 6.45) is 2.10. The first-order chi connectivity index (χ1) is 14.8. The summed E-state index contributed by atoms with van der Waals surface area (Å²) in [5.74, 6) is 1.07. The van der Waals surface area contributed by atoms with Crippen LogP contribution in [-0.4, -0.2) is 47.4 Å². The van der Waals surface area contributed by atoms with Gasteiger partial charge in [-0.15, -0.1) is 0 Å². The van der Waals surface area contributed by atoms with E-state index in [9.17, 15) is 14.7 Å². The molecule has 1 unspecified atom stereocenters. The number of hydrogen-bond donors (Lipinski definition) is 1. The molecule has 0 spiro atoms. The van der Waals surface area contributed by atoms with Crippen LogP contribution in [0.2, 0.25) is 0 Å². The number of aliphatic carboxylic acids is 1. The molecular weight excluding hydrogens is 398 g/mol. The molecule has 2 aliphatic rings. The Morgan fingerprint density at radius 3 is 2.74 bits per heavy atom. The fraction of sp³-hybridized carbons (Fsp3) is 0.417. The largest absolute Gasteiger partial charge is 0.478 e. The van der Waals surface area contributed by atoms with E-state index in [1.165, 1.54) is 13.8 Å². The number of para-hydroxylation sites is 1. The van der Waals surface area contributed by atoms with Crippen molar-refractivity contribution in [3.63, 3.8) is 0 Å². The van der Waals surface area contributed by atoms with Gasteiger partial charge in [-0.2, -0.15) is 0 Å². The maximum absolute atomic E-state index is 13.0. The molecule has 4 rings (SSSR count). The highest BCUT2D eigenvalue weighted by atomic mass is 16.7. The van der Waals surface area contributed by atoms with E-state index in [1.54, 1.807) is 6.07 Å². The predicted octanol–water partition coefficient (Wildman–Crippen LogP) is 3.61. The molecule has 2 aliphatic heterocycles. The van der Waals surface area contributed by atoms with Crippen molar-refractivity contribution >= 4 is 11.9 Å². The van der Waals surface area contributed by atoms with Gasteiger partial charge in [-0.05, 0) is 56.0 Å². The zero-order valence-corrected chi connectivity index (χ0v) is 17.8. The van der Waals surface area contributed by atoms with E-state index < -0.39 is 11.6 Å². The first kappa shape index (κ1) is 21.0. The Morgan fingerprint density at radius 1 is 1.16 bits per heavy atom. The second kappa shape index (κ2) is 8.49. The van der Waals surface area contributed by atoms with Gasteiger partial charge >= 0.3 is 5.97 Å². The highest BCUT2D eigenvalue weighted by Gasteiger charge is 2.32. The monoisotopic (exact) mass is 425 g/mol. The quantitative estimate of drug-likeness (QED) is 0.761. The number of carbonyl (C=O) groups is 2. The lowest BCUT2D eigenvalue weighted by Gasteiger charge is -2.34. The molecule has 1 fully saturated rings. The lowest BCUT2D eigenvalue weighted by Crippen LogP contribution is -2.41. The van der Waals surface area contributed by atoms with Gasteiger partial charge in [0, 0.05) is 19.0 Å². The highest BCUT2D eigenvalue weighted by molar-refractivity contribution is 5.79. The molecule has 1 N–H and O–H groups in total. The molecule has 0 saturated carbocycles. The van der Waals surface area contributed by atoms with Crippen LogP contribution in [0.4, 0.5) is 0 Å². The third kappa shape index (κ3) is 4.60. The third-order valence-electron chi connectivity index (χ3n) is 5.81. The van der Waals surface area contributed by atoms with E-state index in [0.29, 0.717) is 36.8 Å². The number of amides is 1. The van der Waals surface area contributed by atoms with Gasteiger partial charge in [0.1, 0.15) is 5.75 Å². The van der Waals surface area contributed by atoms with Crippen LogP contribution in [0.5, 0.6) is 17.2 Å². The fourth-order valence-corrected chi connectivity index (χ4v) is 4.02. The van der Waals surface area contributed by atoms with Crippen LogP contribution in [0, 0.1) is 0 Å². The number of rotatable bonds is 6. The molecule has 0 aliphatic carbocycles. The van der Waals surface area contributed by atoms with E-state index in [-0.39, 0.29) is 18.6 Å². The van der Waals surface area contributed by atoms with Gasteiger partial charge in [-0.25, -0.2) is 4.79 Å². The Balaban J connectivity index is 1.46. The van der Waals surface area contributed by atoms with Crippen molar-refractivity contribution in [3.8, 4) is 17.2 Å². The zero-order valence-electron chi connectivity index (χ0n) is 17.8. The minimum atomic E-state index is -1.33. The zero-order chi connectivity index (χ0) is 22.0. The van der Waals surface area contributed by atoms with Crippen molar-refractivity contribution in [1.82, 2.24) is 4.90 Å². The average Bonchev–Trinajstić information content (AvgIpc) is 3.22. The van der Waals surface area contributed by atoms with Gasteiger partial charge in [0.2, 0.25) is 12.7 Å². The summed E-state index contributed by atoms with van der Waals surface area (Å²) in [5.41, 5.74) is 0.500. The number of nitrogens with zero attached hydrogens (tertiary/aromatic N) is 1. The van der Waals surface area contributed by atoms with Crippen LogP contribution in [-0.2, 0) is 16.0 Å². The van der Waals surface area contributed by atoms with Gasteiger partial charge < -0.3 is 24.2 Å². The molecule has 164 valence electrons. The Bertz CT molecular complexity index is 986. The Hall–Kier alpha value is -3.22. The molecule has 7 nitrogen and oxygen atoms in total. The number of benzene rings is 2. The number of fused-ring (bicyclic) bond motifs is 1. The normalized spacial score (nSPS) is 18.0. The van der Waals surface area contributed by atoms with E-state index in [0.717, 1.165) is 24.0 Å².